The van der Waals surface area contributed by atoms with Crippen molar-refractivity contribution in [3.63, 3.8) is 0 Å². The van der Waals surface area contributed by atoms with Crippen molar-refractivity contribution in [3.8, 4) is 34.1 Å². The summed E-state index contributed by atoms with van der Waals surface area (Å²) in [5.41, 5.74) is 14.5. The summed E-state index contributed by atoms with van der Waals surface area (Å²) in [6.45, 7) is 15.4. The number of aryl methyl sites for hydroxylation is 6. The Balaban J connectivity index is 1.36. The zero-order valence-corrected chi connectivity index (χ0v) is 29.9. The van der Waals surface area contributed by atoms with E-state index >= 15 is 0 Å². The number of rotatable bonds is 10. The smallest absolute Gasteiger partial charge is 0.137 e. The Morgan fingerprint density at radius 2 is 1.45 bits per heavy atom. The predicted molar refractivity (Wildman–Crippen MR) is 204 cm³/mol. The van der Waals surface area contributed by atoms with Gasteiger partial charge in [-0.15, -0.1) is 0 Å². The summed E-state index contributed by atoms with van der Waals surface area (Å²) in [6, 6.07) is 30.4. The lowest BCUT2D eigenvalue weighted by molar-refractivity contribution is 0.482. The van der Waals surface area contributed by atoms with Crippen molar-refractivity contribution < 1.29 is 4.74 Å². The SMILES string of the molecule is CCCCc1cc(Oc2ccc3c4ccccc4n(-c4cc(C)ccn4)c3c2)cc(-n2nc(CC)c(-c3c(C)cc(C)cc3C)c2CC)c1. The Morgan fingerprint density at radius 3 is 2.18 bits per heavy atom. The van der Waals surface area contributed by atoms with E-state index in [-0.39, 0.29) is 0 Å². The van der Waals surface area contributed by atoms with E-state index < -0.39 is 0 Å². The molecule has 0 aliphatic rings. The quantitative estimate of drug-likeness (QED) is 0.149. The molecule has 0 aliphatic carbocycles. The maximum Gasteiger partial charge on any atom is 0.137 e. The molecule has 7 aromatic rings. The summed E-state index contributed by atoms with van der Waals surface area (Å²) in [4.78, 5) is 4.76. The zero-order valence-electron chi connectivity index (χ0n) is 29.9. The van der Waals surface area contributed by atoms with E-state index in [0.29, 0.717) is 0 Å². The summed E-state index contributed by atoms with van der Waals surface area (Å²) in [6.07, 6.45) is 6.85. The third-order valence-corrected chi connectivity index (χ3v) is 9.68. The summed E-state index contributed by atoms with van der Waals surface area (Å²) in [7, 11) is 0. The number of benzene rings is 4. The van der Waals surface area contributed by atoms with Crippen molar-refractivity contribution in [2.24, 2.45) is 0 Å². The van der Waals surface area contributed by atoms with E-state index in [0.717, 1.165) is 71.8 Å². The maximum absolute atomic E-state index is 6.78. The summed E-state index contributed by atoms with van der Waals surface area (Å²) >= 11 is 0. The number of para-hydroxylation sites is 1. The third kappa shape index (κ3) is 6.03. The van der Waals surface area contributed by atoms with Crippen LogP contribution in [0.4, 0.5) is 0 Å². The van der Waals surface area contributed by atoms with Gasteiger partial charge in [-0.3, -0.25) is 4.57 Å². The van der Waals surface area contributed by atoms with Gasteiger partial charge in [-0.05, 0) is 124 Å². The van der Waals surface area contributed by atoms with Crippen LogP contribution in [0.25, 0.3) is 44.4 Å². The molecule has 0 N–H and O–H groups in total. The van der Waals surface area contributed by atoms with Gasteiger partial charge in [-0.25, -0.2) is 9.67 Å². The molecule has 0 amide bonds. The van der Waals surface area contributed by atoms with Gasteiger partial charge in [-0.1, -0.05) is 63.1 Å². The number of hydrogen-bond donors (Lipinski definition) is 0. The number of unbranched alkanes of at least 4 members (excludes halogenated alkanes) is 1. The van der Waals surface area contributed by atoms with E-state index in [9.17, 15) is 0 Å². The van der Waals surface area contributed by atoms with Gasteiger partial charge in [0, 0.05) is 34.7 Å². The highest BCUT2D eigenvalue weighted by atomic mass is 16.5. The van der Waals surface area contributed by atoms with Crippen molar-refractivity contribution in [1.82, 2.24) is 19.3 Å². The Kier molecular flexibility index (Phi) is 8.85. The molecule has 248 valence electrons. The molecule has 0 aliphatic heterocycles. The second-order valence-electron chi connectivity index (χ2n) is 13.4. The minimum absolute atomic E-state index is 0.792. The van der Waals surface area contributed by atoms with E-state index in [1.165, 1.54) is 55.4 Å². The summed E-state index contributed by atoms with van der Waals surface area (Å²) in [5.74, 6) is 2.51. The molecule has 0 bridgehead atoms. The molecular weight excluding hydrogens is 601 g/mol. The van der Waals surface area contributed by atoms with E-state index in [1.54, 1.807) is 0 Å². The van der Waals surface area contributed by atoms with Gasteiger partial charge in [0.1, 0.15) is 17.3 Å². The van der Waals surface area contributed by atoms with Crippen LogP contribution in [0, 0.1) is 27.7 Å². The second-order valence-corrected chi connectivity index (χ2v) is 13.4. The molecule has 0 saturated heterocycles. The van der Waals surface area contributed by atoms with Crippen LogP contribution in [-0.2, 0) is 19.3 Å². The molecule has 0 saturated carbocycles. The molecule has 0 radical (unpaired) electrons. The van der Waals surface area contributed by atoms with Gasteiger partial charge in [0.25, 0.3) is 0 Å². The van der Waals surface area contributed by atoms with Crippen LogP contribution in [0.15, 0.2) is 91.1 Å². The van der Waals surface area contributed by atoms with Crippen LogP contribution in [0.3, 0.4) is 0 Å². The lowest BCUT2D eigenvalue weighted by Gasteiger charge is -2.15. The summed E-state index contributed by atoms with van der Waals surface area (Å²) in [5, 5.41) is 7.66. The van der Waals surface area contributed by atoms with Crippen LogP contribution in [0.5, 0.6) is 11.5 Å². The van der Waals surface area contributed by atoms with Gasteiger partial charge in [0.05, 0.1) is 28.1 Å². The molecule has 0 atom stereocenters. The third-order valence-electron chi connectivity index (χ3n) is 9.68. The number of fused-ring (bicyclic) bond motifs is 3. The largest absolute Gasteiger partial charge is 0.457 e. The second kappa shape index (κ2) is 13.4. The molecule has 49 heavy (non-hydrogen) atoms. The first-order chi connectivity index (χ1) is 23.8. The van der Waals surface area contributed by atoms with E-state index in [4.69, 9.17) is 14.8 Å². The lowest BCUT2D eigenvalue weighted by Crippen LogP contribution is -2.04. The fraction of sp³-hybridized carbons (Fsp3) is 0.273. The van der Waals surface area contributed by atoms with Crippen LogP contribution in [-0.4, -0.2) is 19.3 Å². The highest BCUT2D eigenvalue weighted by molar-refractivity contribution is 6.09. The Bertz CT molecular complexity index is 2300. The Morgan fingerprint density at radius 1 is 0.673 bits per heavy atom. The van der Waals surface area contributed by atoms with Crippen molar-refractivity contribution in [1.29, 1.82) is 0 Å². The van der Waals surface area contributed by atoms with Crippen molar-refractivity contribution in [3.05, 3.63) is 130 Å². The number of pyridine rings is 1. The minimum atomic E-state index is 0.792. The lowest BCUT2D eigenvalue weighted by atomic mass is 9.91. The fourth-order valence-electron chi connectivity index (χ4n) is 7.54. The van der Waals surface area contributed by atoms with Crippen LogP contribution in [0.2, 0.25) is 0 Å². The molecule has 3 heterocycles. The normalized spacial score (nSPS) is 11.6. The average molecular weight is 647 g/mol. The molecule has 7 rings (SSSR count). The first-order valence-corrected chi connectivity index (χ1v) is 17.8. The molecule has 5 heteroatoms. The summed E-state index contributed by atoms with van der Waals surface area (Å²) < 4.78 is 11.2. The highest BCUT2D eigenvalue weighted by Crippen LogP contribution is 2.38. The van der Waals surface area contributed by atoms with Gasteiger partial charge in [0.15, 0.2) is 0 Å². The van der Waals surface area contributed by atoms with Gasteiger partial charge in [0.2, 0.25) is 0 Å². The molecule has 3 aromatic heterocycles. The van der Waals surface area contributed by atoms with Crippen LogP contribution in [0.1, 0.15) is 72.8 Å². The molecule has 5 nitrogen and oxygen atoms in total. The molecular formula is C44H46N4O. The highest BCUT2D eigenvalue weighted by Gasteiger charge is 2.22. The van der Waals surface area contributed by atoms with E-state index in [1.807, 2.05) is 12.3 Å². The standard InChI is InChI=1S/C44H46N4O/c1-8-11-14-32-24-33(48-39(10-3)44(38(9-2)46-48)43-30(6)21-29(5)22-31(43)7)26-35(25-32)49-34-17-18-37-36-15-12-13-16-40(36)47(41(37)27-34)42-23-28(4)19-20-45-42/h12-13,15-27H,8-11,14H2,1-7H3. The zero-order chi connectivity index (χ0) is 34.2. The minimum Gasteiger partial charge on any atom is -0.457 e. The Labute approximate surface area is 290 Å². The first kappa shape index (κ1) is 32.4. The number of nitrogens with zero attached hydrogens (tertiary/aromatic N) is 4. The van der Waals surface area contributed by atoms with Gasteiger partial charge >= 0.3 is 0 Å². The Hall–Kier alpha value is -5.16. The van der Waals surface area contributed by atoms with Crippen molar-refractivity contribution >= 4 is 21.8 Å². The van der Waals surface area contributed by atoms with Crippen LogP contribution < -0.4 is 4.74 Å². The fourth-order valence-corrected chi connectivity index (χ4v) is 7.54. The van der Waals surface area contributed by atoms with Crippen molar-refractivity contribution in [2.75, 3.05) is 0 Å². The number of hydrogen-bond acceptors (Lipinski definition) is 3. The average Bonchev–Trinajstić information content (AvgIpc) is 3.62. The molecule has 0 fully saturated rings. The van der Waals surface area contributed by atoms with Gasteiger partial charge in [-0.2, -0.15) is 5.10 Å². The van der Waals surface area contributed by atoms with Crippen LogP contribution >= 0.6 is 0 Å². The van der Waals surface area contributed by atoms with Gasteiger partial charge < -0.3 is 4.74 Å². The number of ether oxygens (including phenoxy) is 1. The maximum atomic E-state index is 6.78. The molecule has 0 unspecified atom stereocenters. The molecule has 0 spiro atoms. The number of aromatic nitrogens is 4. The first-order valence-electron chi connectivity index (χ1n) is 17.8. The topological polar surface area (TPSA) is 44.9 Å². The monoisotopic (exact) mass is 646 g/mol. The molecule has 4 aromatic carbocycles. The van der Waals surface area contributed by atoms with E-state index in [2.05, 4.69) is 137 Å². The van der Waals surface area contributed by atoms with Crippen molar-refractivity contribution in [2.45, 2.75) is 80.6 Å². The predicted octanol–water partition coefficient (Wildman–Crippen LogP) is 11.5.